The third-order valence-corrected chi connectivity index (χ3v) is 3.04. The maximum absolute atomic E-state index is 13.9. The SMILES string of the molecule is CC(C)Oc1ccc(C(C)(C)CCC(=O)O)cc1F. The van der Waals surface area contributed by atoms with E-state index in [0.29, 0.717) is 6.42 Å². The second kappa shape index (κ2) is 6.04. The molecular formula is C15H21FO3. The lowest BCUT2D eigenvalue weighted by molar-refractivity contribution is -0.137. The molecule has 0 spiro atoms. The lowest BCUT2D eigenvalue weighted by atomic mass is 9.80. The molecule has 0 saturated heterocycles. The van der Waals surface area contributed by atoms with Gasteiger partial charge in [-0.15, -0.1) is 0 Å². The van der Waals surface area contributed by atoms with Crippen molar-refractivity contribution in [2.45, 2.75) is 52.1 Å². The van der Waals surface area contributed by atoms with Crippen molar-refractivity contribution in [1.29, 1.82) is 0 Å². The van der Waals surface area contributed by atoms with Gasteiger partial charge >= 0.3 is 5.97 Å². The predicted octanol–water partition coefficient (Wildman–Crippen LogP) is 3.76. The van der Waals surface area contributed by atoms with E-state index in [1.165, 1.54) is 6.07 Å². The van der Waals surface area contributed by atoms with Gasteiger partial charge in [-0.1, -0.05) is 19.9 Å². The first-order chi connectivity index (χ1) is 8.72. The summed E-state index contributed by atoms with van der Waals surface area (Å²) in [5, 5.41) is 8.73. The molecule has 1 rings (SSSR count). The second-order valence-corrected chi connectivity index (χ2v) is 5.59. The number of benzene rings is 1. The Bertz CT molecular complexity index is 453. The smallest absolute Gasteiger partial charge is 0.303 e. The van der Waals surface area contributed by atoms with Crippen LogP contribution < -0.4 is 4.74 Å². The molecule has 0 atom stereocenters. The van der Waals surface area contributed by atoms with Crippen LogP contribution in [0.3, 0.4) is 0 Å². The number of ether oxygens (including phenoxy) is 1. The molecule has 0 unspecified atom stereocenters. The average molecular weight is 268 g/mol. The van der Waals surface area contributed by atoms with Crippen molar-refractivity contribution in [2.24, 2.45) is 0 Å². The van der Waals surface area contributed by atoms with Crippen LogP contribution >= 0.6 is 0 Å². The second-order valence-electron chi connectivity index (χ2n) is 5.59. The molecule has 0 fully saturated rings. The third-order valence-electron chi connectivity index (χ3n) is 3.04. The molecule has 0 bridgehead atoms. The maximum Gasteiger partial charge on any atom is 0.303 e. The lowest BCUT2D eigenvalue weighted by Gasteiger charge is -2.25. The molecule has 1 aromatic carbocycles. The number of hydrogen-bond acceptors (Lipinski definition) is 2. The fourth-order valence-electron chi connectivity index (χ4n) is 1.84. The molecule has 0 aliphatic rings. The molecule has 0 heterocycles. The monoisotopic (exact) mass is 268 g/mol. The highest BCUT2D eigenvalue weighted by Gasteiger charge is 2.23. The number of halogens is 1. The van der Waals surface area contributed by atoms with Crippen molar-refractivity contribution in [3.05, 3.63) is 29.6 Å². The summed E-state index contributed by atoms with van der Waals surface area (Å²) in [4.78, 5) is 10.6. The van der Waals surface area contributed by atoms with Crippen LogP contribution in [0.25, 0.3) is 0 Å². The van der Waals surface area contributed by atoms with E-state index in [0.717, 1.165) is 5.56 Å². The Morgan fingerprint density at radius 2 is 2.05 bits per heavy atom. The number of carboxylic acid groups (broad SMARTS) is 1. The number of carbonyl (C=O) groups is 1. The van der Waals surface area contributed by atoms with Gasteiger partial charge < -0.3 is 9.84 Å². The van der Waals surface area contributed by atoms with Crippen LogP contribution in [0.5, 0.6) is 5.75 Å². The van der Waals surface area contributed by atoms with E-state index in [1.807, 2.05) is 27.7 Å². The van der Waals surface area contributed by atoms with Crippen LogP contribution in [0, 0.1) is 5.82 Å². The van der Waals surface area contributed by atoms with Crippen molar-refractivity contribution >= 4 is 5.97 Å². The predicted molar refractivity (Wildman–Crippen MR) is 72.1 cm³/mol. The molecule has 0 aromatic heterocycles. The van der Waals surface area contributed by atoms with Crippen molar-refractivity contribution in [3.63, 3.8) is 0 Å². The molecule has 19 heavy (non-hydrogen) atoms. The first kappa shape index (κ1) is 15.5. The highest BCUT2D eigenvalue weighted by molar-refractivity contribution is 5.66. The Labute approximate surface area is 113 Å². The highest BCUT2D eigenvalue weighted by atomic mass is 19.1. The van der Waals surface area contributed by atoms with E-state index in [4.69, 9.17) is 9.84 Å². The quantitative estimate of drug-likeness (QED) is 0.854. The van der Waals surface area contributed by atoms with Crippen LogP contribution in [0.2, 0.25) is 0 Å². The van der Waals surface area contributed by atoms with Crippen molar-refractivity contribution in [3.8, 4) is 5.75 Å². The van der Waals surface area contributed by atoms with Crippen LogP contribution in [0.4, 0.5) is 4.39 Å². The number of hydrogen-bond donors (Lipinski definition) is 1. The van der Waals surface area contributed by atoms with Crippen LogP contribution in [0.15, 0.2) is 18.2 Å². The Hall–Kier alpha value is -1.58. The normalized spacial score (nSPS) is 11.7. The highest BCUT2D eigenvalue weighted by Crippen LogP contribution is 2.31. The Kier molecular flexibility index (Phi) is 4.92. The lowest BCUT2D eigenvalue weighted by Crippen LogP contribution is -2.19. The summed E-state index contributed by atoms with van der Waals surface area (Å²) in [5.41, 5.74) is 0.401. The summed E-state index contributed by atoms with van der Waals surface area (Å²) in [6.07, 6.45) is 0.450. The Morgan fingerprint density at radius 1 is 1.42 bits per heavy atom. The van der Waals surface area contributed by atoms with Crippen LogP contribution in [0.1, 0.15) is 46.1 Å². The Balaban J connectivity index is 2.89. The van der Waals surface area contributed by atoms with Gasteiger partial charge in [-0.25, -0.2) is 4.39 Å². The summed E-state index contributed by atoms with van der Waals surface area (Å²) >= 11 is 0. The molecule has 3 nitrogen and oxygen atoms in total. The zero-order chi connectivity index (χ0) is 14.6. The van der Waals surface area contributed by atoms with Gasteiger partial charge in [0.25, 0.3) is 0 Å². The zero-order valence-corrected chi connectivity index (χ0v) is 11.9. The van der Waals surface area contributed by atoms with E-state index >= 15 is 0 Å². The number of rotatable bonds is 6. The van der Waals surface area contributed by atoms with Gasteiger partial charge in [-0.3, -0.25) is 4.79 Å². The maximum atomic E-state index is 13.9. The standard InChI is InChI=1S/C15H21FO3/c1-10(2)19-13-6-5-11(9-12(13)16)15(3,4)8-7-14(17)18/h5-6,9-10H,7-8H2,1-4H3,(H,17,18). The summed E-state index contributed by atoms with van der Waals surface area (Å²) in [7, 11) is 0. The van der Waals surface area contributed by atoms with Gasteiger partial charge in [0.05, 0.1) is 6.10 Å². The van der Waals surface area contributed by atoms with Crippen molar-refractivity contribution in [1.82, 2.24) is 0 Å². The number of carboxylic acids is 1. The minimum absolute atomic E-state index is 0.0683. The largest absolute Gasteiger partial charge is 0.488 e. The first-order valence-corrected chi connectivity index (χ1v) is 6.41. The van der Waals surface area contributed by atoms with Gasteiger partial charge in [-0.2, -0.15) is 0 Å². The average Bonchev–Trinajstić information content (AvgIpc) is 2.28. The molecule has 0 aliphatic carbocycles. The minimum Gasteiger partial charge on any atom is -0.488 e. The number of aliphatic carboxylic acids is 1. The molecule has 0 aliphatic heterocycles. The third kappa shape index (κ3) is 4.54. The van der Waals surface area contributed by atoms with Crippen LogP contribution in [-0.2, 0) is 10.2 Å². The fraction of sp³-hybridized carbons (Fsp3) is 0.533. The van der Waals surface area contributed by atoms with Gasteiger partial charge in [0, 0.05) is 6.42 Å². The van der Waals surface area contributed by atoms with E-state index < -0.39 is 11.8 Å². The Morgan fingerprint density at radius 3 is 2.53 bits per heavy atom. The van der Waals surface area contributed by atoms with Gasteiger partial charge in [0.1, 0.15) is 0 Å². The van der Waals surface area contributed by atoms with Crippen molar-refractivity contribution in [2.75, 3.05) is 0 Å². The molecule has 0 amide bonds. The molecule has 0 radical (unpaired) electrons. The van der Waals surface area contributed by atoms with Crippen LogP contribution in [-0.4, -0.2) is 17.2 Å². The molecule has 106 valence electrons. The van der Waals surface area contributed by atoms with Crippen molar-refractivity contribution < 1.29 is 19.0 Å². The summed E-state index contributed by atoms with van der Waals surface area (Å²) < 4.78 is 19.2. The van der Waals surface area contributed by atoms with E-state index in [-0.39, 0.29) is 23.7 Å². The summed E-state index contributed by atoms with van der Waals surface area (Å²) in [6.45, 7) is 7.50. The topological polar surface area (TPSA) is 46.5 Å². The molecule has 0 saturated carbocycles. The minimum atomic E-state index is -0.840. The van der Waals surface area contributed by atoms with E-state index in [1.54, 1.807) is 12.1 Å². The fourth-order valence-corrected chi connectivity index (χ4v) is 1.84. The van der Waals surface area contributed by atoms with Gasteiger partial charge in [-0.05, 0) is 43.4 Å². The van der Waals surface area contributed by atoms with E-state index in [2.05, 4.69) is 0 Å². The summed E-state index contributed by atoms with van der Waals surface area (Å²) in [5.74, 6) is -1.02. The molecule has 4 heteroatoms. The van der Waals surface area contributed by atoms with Gasteiger partial charge in [0.2, 0.25) is 0 Å². The van der Waals surface area contributed by atoms with Gasteiger partial charge in [0.15, 0.2) is 11.6 Å². The summed E-state index contributed by atoms with van der Waals surface area (Å²) in [6, 6.07) is 4.83. The molecule has 1 aromatic rings. The molecular weight excluding hydrogens is 247 g/mol. The van der Waals surface area contributed by atoms with E-state index in [9.17, 15) is 9.18 Å². The first-order valence-electron chi connectivity index (χ1n) is 6.41. The molecule has 1 N–H and O–H groups in total. The zero-order valence-electron chi connectivity index (χ0n) is 11.9.